The fourth-order valence-electron chi connectivity index (χ4n) is 2.85. The molecular weight excluding hydrogens is 278 g/mol. The van der Waals surface area contributed by atoms with Crippen LogP contribution in [0, 0.1) is 5.92 Å². The van der Waals surface area contributed by atoms with Crippen molar-refractivity contribution >= 4 is 23.2 Å². The third-order valence-corrected chi connectivity index (χ3v) is 5.20. The topological polar surface area (TPSA) is 75.6 Å². The molecule has 0 radical (unpaired) electrons. The van der Waals surface area contributed by atoms with Crippen molar-refractivity contribution in [1.82, 2.24) is 5.32 Å². The fraction of sp³-hybridized carbons (Fsp3) is 0.571. The third kappa shape index (κ3) is 2.71. The highest BCUT2D eigenvalue weighted by molar-refractivity contribution is 7.14. The first-order valence-electron chi connectivity index (χ1n) is 6.86. The molecule has 2 aliphatic rings. The van der Waals surface area contributed by atoms with Gasteiger partial charge in [-0.1, -0.05) is 0 Å². The molecule has 3 rings (SSSR count). The lowest BCUT2D eigenvalue weighted by Crippen LogP contribution is -2.32. The zero-order chi connectivity index (χ0) is 14.1. The molecule has 0 aromatic carbocycles. The molecule has 2 heterocycles. The zero-order valence-electron chi connectivity index (χ0n) is 11.1. The van der Waals surface area contributed by atoms with E-state index in [1.807, 2.05) is 6.07 Å². The van der Waals surface area contributed by atoms with Crippen LogP contribution < -0.4 is 5.32 Å². The lowest BCUT2D eigenvalue weighted by molar-refractivity contribution is -0.141. The van der Waals surface area contributed by atoms with E-state index in [-0.39, 0.29) is 17.9 Å². The van der Waals surface area contributed by atoms with Gasteiger partial charge in [-0.3, -0.25) is 9.59 Å². The second kappa shape index (κ2) is 5.54. The second-order valence-electron chi connectivity index (χ2n) is 5.38. The van der Waals surface area contributed by atoms with E-state index < -0.39 is 5.97 Å². The van der Waals surface area contributed by atoms with Crippen LogP contribution >= 0.6 is 11.3 Å². The minimum atomic E-state index is -0.759. The normalized spacial score (nSPS) is 25.2. The number of amides is 1. The summed E-state index contributed by atoms with van der Waals surface area (Å²) in [5, 5.41) is 11.9. The maximum atomic E-state index is 12.2. The molecule has 1 fully saturated rings. The van der Waals surface area contributed by atoms with E-state index in [0.717, 1.165) is 25.0 Å². The second-order valence-corrected chi connectivity index (χ2v) is 6.52. The molecule has 0 spiro atoms. The summed E-state index contributed by atoms with van der Waals surface area (Å²) in [5.41, 5.74) is 1.11. The third-order valence-electron chi connectivity index (χ3n) is 3.97. The van der Waals surface area contributed by atoms with Crippen LogP contribution in [-0.4, -0.2) is 29.6 Å². The van der Waals surface area contributed by atoms with Gasteiger partial charge >= 0.3 is 5.97 Å². The van der Waals surface area contributed by atoms with Gasteiger partial charge in [0.05, 0.1) is 24.0 Å². The monoisotopic (exact) mass is 295 g/mol. The highest BCUT2D eigenvalue weighted by Crippen LogP contribution is 2.29. The first-order valence-corrected chi connectivity index (χ1v) is 7.68. The average Bonchev–Trinajstić information content (AvgIpc) is 3.04. The van der Waals surface area contributed by atoms with Gasteiger partial charge in [0.15, 0.2) is 0 Å². The summed E-state index contributed by atoms with van der Waals surface area (Å²) in [7, 11) is 0. The van der Waals surface area contributed by atoms with Crippen LogP contribution in [0.3, 0.4) is 0 Å². The van der Waals surface area contributed by atoms with E-state index in [1.54, 1.807) is 0 Å². The first-order chi connectivity index (χ1) is 9.63. The Balaban J connectivity index is 1.62. The lowest BCUT2D eigenvalue weighted by Gasteiger charge is -2.11. The zero-order valence-corrected chi connectivity index (χ0v) is 11.9. The fourth-order valence-corrected chi connectivity index (χ4v) is 3.91. The summed E-state index contributed by atoms with van der Waals surface area (Å²) in [6.07, 6.45) is 2.80. The molecule has 1 aromatic heterocycles. The van der Waals surface area contributed by atoms with Crippen molar-refractivity contribution in [2.24, 2.45) is 5.92 Å². The summed E-state index contributed by atoms with van der Waals surface area (Å²) < 4.78 is 5.37. The number of hydrogen-bond donors (Lipinski definition) is 2. The maximum Gasteiger partial charge on any atom is 0.306 e. The molecule has 2 atom stereocenters. The van der Waals surface area contributed by atoms with Gasteiger partial charge in [0, 0.05) is 17.3 Å². The molecule has 1 aliphatic heterocycles. The molecule has 6 heteroatoms. The van der Waals surface area contributed by atoms with Crippen molar-refractivity contribution in [3.63, 3.8) is 0 Å². The Morgan fingerprint density at radius 2 is 2.25 bits per heavy atom. The standard InChI is InChI=1S/C14H17NO4S/c16-13(15-10-2-1-8(5-10)14(17)18)12-6-9-7-19-4-3-11(9)20-12/h6,8,10H,1-5,7H2,(H,15,16)(H,17,18)/t8-,10+/m1/s1. The number of aliphatic carboxylic acids is 1. The molecule has 108 valence electrons. The molecule has 0 unspecified atom stereocenters. The average molecular weight is 295 g/mol. The molecule has 0 saturated heterocycles. The largest absolute Gasteiger partial charge is 0.481 e. The van der Waals surface area contributed by atoms with Gasteiger partial charge in [-0.05, 0) is 30.9 Å². The number of thiophene rings is 1. The number of hydrogen-bond acceptors (Lipinski definition) is 4. The smallest absolute Gasteiger partial charge is 0.306 e. The number of nitrogens with one attached hydrogen (secondary N) is 1. The predicted molar refractivity (Wildman–Crippen MR) is 73.9 cm³/mol. The molecular formula is C14H17NO4S. The molecule has 20 heavy (non-hydrogen) atoms. The minimum Gasteiger partial charge on any atom is -0.481 e. The van der Waals surface area contributed by atoms with Gasteiger partial charge in [-0.25, -0.2) is 0 Å². The highest BCUT2D eigenvalue weighted by atomic mass is 32.1. The predicted octanol–water partition coefficient (Wildman–Crippen LogP) is 1.80. The van der Waals surface area contributed by atoms with Gasteiger partial charge in [-0.2, -0.15) is 0 Å². The number of carboxylic acids is 1. The van der Waals surface area contributed by atoms with Crippen LogP contribution in [0.1, 0.15) is 39.4 Å². The quantitative estimate of drug-likeness (QED) is 0.891. The van der Waals surface area contributed by atoms with E-state index in [1.165, 1.54) is 16.2 Å². The Morgan fingerprint density at radius 3 is 2.95 bits per heavy atom. The highest BCUT2D eigenvalue weighted by Gasteiger charge is 2.31. The molecule has 1 aliphatic carbocycles. The summed E-state index contributed by atoms with van der Waals surface area (Å²) in [6, 6.07) is 1.89. The van der Waals surface area contributed by atoms with Crippen LogP contribution in [0.4, 0.5) is 0 Å². The summed E-state index contributed by atoms with van der Waals surface area (Å²) >= 11 is 1.53. The SMILES string of the molecule is O=C(N[C@H]1CC[C@@H](C(=O)O)C1)c1cc2c(s1)CCOC2. The molecule has 1 aromatic rings. The van der Waals surface area contributed by atoms with E-state index in [0.29, 0.717) is 24.3 Å². The van der Waals surface area contributed by atoms with Gasteiger partial charge in [0.2, 0.25) is 0 Å². The van der Waals surface area contributed by atoms with E-state index in [4.69, 9.17) is 9.84 Å². The Bertz CT molecular complexity index is 516. The summed E-state index contributed by atoms with van der Waals surface area (Å²) in [5.74, 6) is -1.16. The Kier molecular flexibility index (Phi) is 3.76. The van der Waals surface area contributed by atoms with Crippen molar-refractivity contribution in [2.75, 3.05) is 6.61 Å². The van der Waals surface area contributed by atoms with Crippen molar-refractivity contribution in [2.45, 2.75) is 38.3 Å². The Hall–Kier alpha value is -1.40. The van der Waals surface area contributed by atoms with Gasteiger partial charge < -0.3 is 15.2 Å². The summed E-state index contributed by atoms with van der Waals surface area (Å²) in [4.78, 5) is 25.1. The van der Waals surface area contributed by atoms with Gasteiger partial charge in [-0.15, -0.1) is 11.3 Å². The maximum absolute atomic E-state index is 12.2. The van der Waals surface area contributed by atoms with E-state index in [9.17, 15) is 9.59 Å². The number of carboxylic acid groups (broad SMARTS) is 1. The first kappa shape index (κ1) is 13.6. The number of fused-ring (bicyclic) bond motifs is 1. The van der Waals surface area contributed by atoms with Crippen LogP contribution in [0.2, 0.25) is 0 Å². The van der Waals surface area contributed by atoms with Crippen LogP contribution in [0.15, 0.2) is 6.07 Å². The molecule has 1 amide bonds. The van der Waals surface area contributed by atoms with Crippen LogP contribution in [-0.2, 0) is 22.6 Å². The molecule has 0 bridgehead atoms. The van der Waals surface area contributed by atoms with Crippen molar-refractivity contribution in [1.29, 1.82) is 0 Å². The molecule has 1 saturated carbocycles. The Morgan fingerprint density at radius 1 is 1.40 bits per heavy atom. The van der Waals surface area contributed by atoms with Crippen LogP contribution in [0.5, 0.6) is 0 Å². The van der Waals surface area contributed by atoms with E-state index >= 15 is 0 Å². The number of carbonyl (C=O) groups excluding carboxylic acids is 1. The van der Waals surface area contributed by atoms with Gasteiger partial charge in [0.1, 0.15) is 0 Å². The summed E-state index contributed by atoms with van der Waals surface area (Å²) in [6.45, 7) is 1.31. The molecule has 2 N–H and O–H groups in total. The van der Waals surface area contributed by atoms with Gasteiger partial charge in [0.25, 0.3) is 5.91 Å². The number of rotatable bonds is 3. The minimum absolute atomic E-state index is 0.0148. The van der Waals surface area contributed by atoms with Crippen molar-refractivity contribution in [3.05, 3.63) is 21.4 Å². The number of ether oxygens (including phenoxy) is 1. The van der Waals surface area contributed by atoms with Crippen LogP contribution in [0.25, 0.3) is 0 Å². The number of carbonyl (C=O) groups is 2. The van der Waals surface area contributed by atoms with Crippen molar-refractivity contribution in [3.8, 4) is 0 Å². The van der Waals surface area contributed by atoms with Crippen molar-refractivity contribution < 1.29 is 19.4 Å². The molecule has 5 nitrogen and oxygen atoms in total. The van der Waals surface area contributed by atoms with E-state index in [2.05, 4.69) is 5.32 Å². The Labute approximate surface area is 120 Å². The lowest BCUT2D eigenvalue weighted by atomic mass is 10.1.